The molecule has 2 bridgehead atoms. The van der Waals surface area contributed by atoms with Crippen molar-refractivity contribution in [2.75, 3.05) is 125 Å². The predicted molar refractivity (Wildman–Crippen MR) is 453 cm³/mol. The fraction of sp³-hybridized carbons (Fsp3) is 0.667. The van der Waals surface area contributed by atoms with Gasteiger partial charge in [-0.1, -0.05) is 74.9 Å². The molecule has 0 radical (unpaired) electrons. The number of nitrogen functional groups attached to an aromatic ring is 2. The number of hydrogen-bond acceptors (Lipinski definition) is 31. The lowest BCUT2D eigenvalue weighted by atomic mass is 9.80. The van der Waals surface area contributed by atoms with Crippen molar-refractivity contribution < 1.29 is 105 Å². The summed E-state index contributed by atoms with van der Waals surface area (Å²) < 4.78 is 72.7. The number of anilines is 2. The van der Waals surface area contributed by atoms with Gasteiger partial charge in [0.2, 0.25) is 11.7 Å². The van der Waals surface area contributed by atoms with Crippen LogP contribution in [0.25, 0.3) is 33.4 Å². The van der Waals surface area contributed by atoms with Crippen LogP contribution < -0.4 is 27.8 Å². The number of oxazole rings is 1. The first-order valence-electron chi connectivity index (χ1n) is 43.3. The van der Waals surface area contributed by atoms with Crippen molar-refractivity contribution in [2.24, 2.45) is 35.3 Å². The fourth-order valence-corrected chi connectivity index (χ4v) is 15.9. The Bertz CT molecular complexity index is 4320. The molecule has 5 aromatic rings. The average Bonchev–Trinajstić information content (AvgIpc) is 1.69. The average molecular weight is 1720 g/mol. The van der Waals surface area contributed by atoms with Crippen LogP contribution in [0, 0.1) is 29.6 Å². The SMILES string of the molecule is COC(=O)NC1C[C@@H]2CC[C@@H](C)[C@@](O)(O2)C(=O)C(=O)N2CCCC[C@H]2C(=O)O[C@H]([C@H](N)C[C@@H]2CC[C@@H](OCCCCc3cn(CCOCCOCCOCCOCCOCCOCCC(=O)NCCCCn4nc(-c5ccc6oc(N)nc6c5)c5c(N)ncnc54)nn3)[C@H](OC)C2)CC(=O)[C@H](C)/C=C(\C)[C@@H](O)[C@@H](O)C(=O)[C@H](C)C[C@H](C)/C=C/C=CC=C1C. The molecule has 1 aromatic carbocycles. The van der Waals surface area contributed by atoms with E-state index in [1.54, 1.807) is 74.5 Å². The van der Waals surface area contributed by atoms with Crippen LogP contribution in [0.15, 0.2) is 82.7 Å². The number of piperidine rings is 1. The van der Waals surface area contributed by atoms with Crippen molar-refractivity contribution in [3.63, 3.8) is 0 Å². The number of unbranched alkanes of at least 4 members (excludes halogenated alkanes) is 2. The molecule has 4 aromatic heterocycles. The van der Waals surface area contributed by atoms with Gasteiger partial charge in [0.15, 0.2) is 17.0 Å². The lowest BCUT2D eigenvalue weighted by Gasteiger charge is -2.43. The van der Waals surface area contributed by atoms with Gasteiger partial charge in [0.25, 0.3) is 17.7 Å². The number of benzene rings is 1. The van der Waals surface area contributed by atoms with Gasteiger partial charge in [-0.05, 0) is 152 Å². The normalized spacial score (nSPS) is 26.2. The highest BCUT2D eigenvalue weighted by Gasteiger charge is 2.53. The minimum Gasteiger partial charge on any atom is -0.459 e. The van der Waals surface area contributed by atoms with Crippen LogP contribution in [0.5, 0.6) is 0 Å². The molecule has 7 heterocycles. The summed E-state index contributed by atoms with van der Waals surface area (Å²) in [5.74, 6) is -9.19. The first kappa shape index (κ1) is 97.9. The number of hydrogen-bond donors (Lipinski definition) is 8. The molecule has 2 saturated heterocycles. The zero-order chi connectivity index (χ0) is 88.4. The number of methoxy groups -OCH3 is 2. The van der Waals surface area contributed by atoms with E-state index >= 15 is 0 Å². The maximum Gasteiger partial charge on any atom is 0.407 e. The second-order valence-electron chi connectivity index (χ2n) is 32.5. The fourth-order valence-electron chi connectivity index (χ4n) is 15.9. The molecule has 1 unspecified atom stereocenters. The maximum atomic E-state index is 14.7. The lowest BCUT2D eigenvalue weighted by molar-refractivity contribution is -0.264. The van der Waals surface area contributed by atoms with Gasteiger partial charge in [0, 0.05) is 81.7 Å². The number of Topliss-reactive ketones (excluding diaryl/α,β-unsaturated/α-hetero) is 3. The van der Waals surface area contributed by atoms with Gasteiger partial charge in [0.1, 0.15) is 53.5 Å². The first-order chi connectivity index (χ1) is 59.2. The Hall–Kier alpha value is -8.89. The number of rotatable bonds is 38. The summed E-state index contributed by atoms with van der Waals surface area (Å²) >= 11 is 0. The second kappa shape index (κ2) is 50.3. The third-order valence-corrected chi connectivity index (χ3v) is 23.1. The van der Waals surface area contributed by atoms with Crippen LogP contribution in [-0.4, -0.2) is 275 Å². The Morgan fingerprint density at radius 3 is 2.19 bits per heavy atom. The van der Waals surface area contributed by atoms with E-state index in [9.17, 15) is 48.9 Å². The molecule has 36 heteroatoms. The number of nitrogens with one attached hydrogen (secondary N) is 2. The molecular weight excluding hydrogens is 1590 g/mol. The Kier molecular flexibility index (Phi) is 40.0. The van der Waals surface area contributed by atoms with E-state index in [1.165, 1.54) is 26.4 Å². The number of aliphatic hydroxyl groups is 3. The number of esters is 1. The molecular formula is C87H130N14O22. The summed E-state index contributed by atoms with van der Waals surface area (Å²) in [4.78, 5) is 111. The molecule has 11 N–H and O–H groups in total. The molecule has 36 nitrogen and oxygen atoms in total. The monoisotopic (exact) mass is 1720 g/mol. The zero-order valence-corrected chi connectivity index (χ0v) is 72.5. The number of allylic oxidation sites excluding steroid dienone is 6. The van der Waals surface area contributed by atoms with Crippen molar-refractivity contribution in [1.29, 1.82) is 0 Å². The molecule has 680 valence electrons. The molecule has 3 fully saturated rings. The van der Waals surface area contributed by atoms with E-state index < -0.39 is 101 Å². The van der Waals surface area contributed by atoms with Gasteiger partial charge in [-0.3, -0.25) is 24.0 Å². The third-order valence-electron chi connectivity index (χ3n) is 23.1. The summed E-state index contributed by atoms with van der Waals surface area (Å²) in [6, 6.07) is 2.67. The van der Waals surface area contributed by atoms with E-state index in [2.05, 4.69) is 35.9 Å². The smallest absolute Gasteiger partial charge is 0.407 e. The van der Waals surface area contributed by atoms with Gasteiger partial charge < -0.3 is 105 Å². The number of cyclic esters (lactones) is 1. The molecule has 4 aliphatic rings. The van der Waals surface area contributed by atoms with Crippen LogP contribution >= 0.6 is 0 Å². The number of nitrogens with two attached hydrogens (primary N) is 3. The standard InChI is InChI=1S/C87H130N14O22/c1-55-18-10-9-11-19-56(2)66(95-86(110)113-8)51-64-25-22-60(6)87(111,123-64)80(107)83(108)100-30-15-12-21-68(100)84(109)121-72(52-69(102)57(3)47-59(5)78(105)79(106)77(104)58(4)46-55)65(88)48-61-23-26-71(73(49-61)112-7)120-33-17-13-20-63-53-99(98-96-63)32-35-115-37-39-117-41-43-119-45-44-118-42-40-116-38-36-114-34-28-74(103)91-29-14-16-31-101-82-75(81(89)92-54-93-82)76(97-101)62-24-27-70-67(50-62)94-85(90)122-70/h9-11,18-19,24,27,47,50,53-55,57-58,60-61,64-66,68,71-73,78-79,105-106,111H,12-17,20-23,25-26,28-46,48-49,51-52,88H2,1-8H3,(H2,90,94)(H,91,103)(H,95,110)(H2,89,92,93)/b11-9?,18-10+,56-19?,59-47+/t55-,57-,58-,60-,61+,64+,65-,66?,68+,71-,72+,73-,78-,79+,87-/m1/s1. The Labute approximate surface area is 718 Å². The minimum atomic E-state index is -2.59. The van der Waals surface area contributed by atoms with Gasteiger partial charge >= 0.3 is 12.1 Å². The summed E-state index contributed by atoms with van der Waals surface area (Å²) in [5.41, 5.74) is 24.0. The van der Waals surface area contributed by atoms with Crippen molar-refractivity contribution in [3.05, 3.63) is 84.0 Å². The number of aliphatic hydroxyl groups excluding tert-OH is 2. The second-order valence-corrected chi connectivity index (χ2v) is 32.5. The van der Waals surface area contributed by atoms with Gasteiger partial charge in [-0.25, -0.2) is 28.9 Å². The number of ether oxygens (including phenoxy) is 11. The topological polar surface area (TPSA) is 487 Å². The molecule has 3 amide bonds. The van der Waals surface area contributed by atoms with Crippen LogP contribution in [0.1, 0.15) is 156 Å². The van der Waals surface area contributed by atoms with Crippen LogP contribution in [0.2, 0.25) is 0 Å². The highest BCUT2D eigenvalue weighted by molar-refractivity contribution is 6.39. The first-order valence-corrected chi connectivity index (χ1v) is 43.3. The number of carbonyl (C=O) groups excluding carboxylic acids is 7. The Balaban J connectivity index is 0.625. The van der Waals surface area contributed by atoms with Crippen molar-refractivity contribution >= 4 is 75.2 Å². The minimum absolute atomic E-state index is 0.0166. The van der Waals surface area contributed by atoms with Crippen LogP contribution in [0.4, 0.5) is 16.6 Å². The van der Waals surface area contributed by atoms with Gasteiger partial charge in [-0.15, -0.1) is 5.10 Å². The lowest BCUT2D eigenvalue weighted by Crippen LogP contribution is -2.61. The molecule has 3 aliphatic heterocycles. The van der Waals surface area contributed by atoms with Gasteiger partial charge in [-0.2, -0.15) is 10.1 Å². The largest absolute Gasteiger partial charge is 0.459 e. The Morgan fingerprint density at radius 2 is 1.47 bits per heavy atom. The van der Waals surface area contributed by atoms with Crippen molar-refractivity contribution in [3.8, 4) is 11.3 Å². The van der Waals surface area contributed by atoms with Crippen molar-refractivity contribution in [1.82, 2.24) is 55.3 Å². The maximum absolute atomic E-state index is 14.7. The Morgan fingerprint density at radius 1 is 0.756 bits per heavy atom. The van der Waals surface area contributed by atoms with Crippen molar-refractivity contribution in [2.45, 2.75) is 231 Å². The number of ketones is 3. The number of nitrogens with zero attached hydrogens (tertiary/aromatic N) is 9. The van der Waals surface area contributed by atoms with E-state index in [4.69, 9.17) is 78.8 Å². The predicted octanol–water partition coefficient (Wildman–Crippen LogP) is 6.76. The number of carbonyl (C=O) groups is 7. The van der Waals surface area contributed by atoms with Crippen LogP contribution in [0.3, 0.4) is 0 Å². The quantitative estimate of drug-likeness (QED) is 0.00875. The van der Waals surface area contributed by atoms with Crippen LogP contribution in [-0.2, 0) is 100 Å². The number of aryl methyl sites for hydroxylation is 2. The summed E-state index contributed by atoms with van der Waals surface area (Å²) in [6.45, 7) is 16.9. The van der Waals surface area contributed by atoms with Gasteiger partial charge in [0.05, 0.1) is 128 Å². The molecule has 1 saturated carbocycles. The third kappa shape index (κ3) is 29.9. The van der Waals surface area contributed by atoms with E-state index in [1.807, 2.05) is 31.3 Å². The van der Waals surface area contributed by atoms with E-state index in [-0.39, 0.29) is 86.8 Å². The number of fused-ring (bicyclic) bond motifs is 5. The van der Waals surface area contributed by atoms with E-state index in [0.29, 0.717) is 196 Å². The summed E-state index contributed by atoms with van der Waals surface area (Å²) in [7, 11) is 2.86. The molecule has 1 aliphatic carbocycles. The zero-order valence-electron chi connectivity index (χ0n) is 72.5. The summed E-state index contributed by atoms with van der Waals surface area (Å²) in [5, 5.41) is 54.6. The highest BCUT2D eigenvalue weighted by atomic mass is 16.6. The number of alkyl carbamates (subject to hydrolysis) is 1. The highest BCUT2D eigenvalue weighted by Crippen LogP contribution is 2.39. The number of amides is 3. The molecule has 9 rings (SSSR count). The summed E-state index contributed by atoms with van der Waals surface area (Å²) in [6.07, 6.45) is 15.1. The van der Waals surface area contributed by atoms with E-state index in [0.717, 1.165) is 41.8 Å². The molecule has 123 heavy (non-hydrogen) atoms. The number of aromatic nitrogens is 8. The molecule has 0 spiro atoms. The molecule has 15 atom stereocenters.